The van der Waals surface area contributed by atoms with Crippen molar-refractivity contribution in [1.29, 1.82) is 0 Å². The molecule has 3 nitrogen and oxygen atoms in total. The van der Waals surface area contributed by atoms with E-state index in [2.05, 4.69) is 31.5 Å². The maximum Gasteiger partial charge on any atom is 0.279 e. The van der Waals surface area contributed by atoms with Gasteiger partial charge in [0.05, 0.1) is 14.1 Å². The maximum atomic E-state index is 12.4. The van der Waals surface area contributed by atoms with E-state index < -0.39 is 0 Å². The fourth-order valence-corrected chi connectivity index (χ4v) is 2.71. The van der Waals surface area contributed by atoms with Gasteiger partial charge in [0, 0.05) is 11.3 Å². The van der Waals surface area contributed by atoms with Gasteiger partial charge in [0.1, 0.15) is 6.54 Å². The Morgan fingerprint density at radius 1 is 0.957 bits per heavy atom. The van der Waals surface area contributed by atoms with Gasteiger partial charge in [-0.2, -0.15) is 0 Å². The molecule has 0 aliphatic heterocycles. The summed E-state index contributed by atoms with van der Waals surface area (Å²) in [5.41, 5.74) is 4.38. The summed E-state index contributed by atoms with van der Waals surface area (Å²) in [7, 11) is 4.16. The van der Waals surface area contributed by atoms with Crippen LogP contribution in [0.2, 0.25) is 0 Å². The van der Waals surface area contributed by atoms with Gasteiger partial charge >= 0.3 is 0 Å². The number of benzene rings is 2. The number of carbonyl (C=O) groups excluding carboxylic acids is 1. The Balaban J connectivity index is 0.00000264. The molecule has 2 aromatic rings. The zero-order chi connectivity index (χ0) is 16.2. The van der Waals surface area contributed by atoms with Gasteiger partial charge in [-0.1, -0.05) is 48.5 Å². The fourth-order valence-electron chi connectivity index (χ4n) is 2.71. The number of nitrogens with zero attached hydrogens (tertiary/aromatic N) is 1. The van der Waals surface area contributed by atoms with Crippen molar-refractivity contribution in [3.05, 3.63) is 65.2 Å². The number of rotatable bonds is 5. The van der Waals surface area contributed by atoms with Gasteiger partial charge in [0.2, 0.25) is 0 Å². The smallest absolute Gasteiger partial charge is 0.279 e. The number of aryl methyl sites for hydroxylation is 2. The largest absolute Gasteiger partial charge is 1.00 e. The highest BCUT2D eigenvalue weighted by molar-refractivity contribution is 5.93. The van der Waals surface area contributed by atoms with Crippen LogP contribution in [0.25, 0.3) is 0 Å². The molecule has 0 spiro atoms. The van der Waals surface area contributed by atoms with Crippen molar-refractivity contribution >= 4 is 11.6 Å². The number of para-hydroxylation sites is 1. The second-order valence-electron chi connectivity index (χ2n) is 6.55. The van der Waals surface area contributed by atoms with Crippen LogP contribution in [-0.2, 0) is 11.3 Å². The van der Waals surface area contributed by atoms with Crippen LogP contribution in [-0.4, -0.2) is 31.0 Å². The zero-order valence-electron chi connectivity index (χ0n) is 14.3. The Kier molecular flexibility index (Phi) is 6.79. The van der Waals surface area contributed by atoms with Crippen molar-refractivity contribution in [2.45, 2.75) is 20.4 Å². The molecule has 23 heavy (non-hydrogen) atoms. The topological polar surface area (TPSA) is 29.1 Å². The molecule has 0 heterocycles. The van der Waals surface area contributed by atoms with E-state index in [-0.39, 0.29) is 18.3 Å². The minimum absolute atomic E-state index is 0. The normalized spacial score (nSPS) is 10.8. The molecule has 0 bridgehead atoms. The molecule has 2 aromatic carbocycles. The number of hydrogen-bond donors (Lipinski definition) is 1. The molecule has 0 aliphatic rings. The third kappa shape index (κ3) is 5.70. The SMILES string of the molecule is Cc1cccc(C)c1NC(=O)C[N+](C)(C)Cc1ccccc1.[Cl-]. The van der Waals surface area contributed by atoms with Crippen LogP contribution in [0.5, 0.6) is 0 Å². The molecule has 124 valence electrons. The van der Waals surface area contributed by atoms with E-state index in [1.807, 2.05) is 50.2 Å². The predicted molar refractivity (Wildman–Crippen MR) is 91.7 cm³/mol. The van der Waals surface area contributed by atoms with E-state index >= 15 is 0 Å². The van der Waals surface area contributed by atoms with Crippen molar-refractivity contribution in [3.63, 3.8) is 0 Å². The Morgan fingerprint density at radius 2 is 1.52 bits per heavy atom. The Hall–Kier alpha value is -1.84. The van der Waals surface area contributed by atoms with Crippen molar-refractivity contribution in [1.82, 2.24) is 0 Å². The summed E-state index contributed by atoms with van der Waals surface area (Å²) in [5.74, 6) is 0.0540. The molecule has 1 N–H and O–H groups in total. The molecular formula is C19H25ClN2O. The molecule has 0 fully saturated rings. The lowest BCUT2D eigenvalue weighted by atomic mass is 10.1. The van der Waals surface area contributed by atoms with E-state index in [0.29, 0.717) is 11.0 Å². The molecule has 0 radical (unpaired) electrons. The summed E-state index contributed by atoms with van der Waals surface area (Å²) in [6, 6.07) is 16.3. The fraction of sp³-hybridized carbons (Fsp3) is 0.316. The minimum Gasteiger partial charge on any atom is -1.00 e. The molecule has 2 rings (SSSR count). The first-order valence-corrected chi connectivity index (χ1v) is 7.59. The second-order valence-corrected chi connectivity index (χ2v) is 6.55. The van der Waals surface area contributed by atoms with Gasteiger partial charge in [0.15, 0.2) is 6.54 Å². The summed E-state index contributed by atoms with van der Waals surface area (Å²) in [4.78, 5) is 12.4. The quantitative estimate of drug-likeness (QED) is 0.795. The van der Waals surface area contributed by atoms with Crippen LogP contribution >= 0.6 is 0 Å². The van der Waals surface area contributed by atoms with Gasteiger partial charge in [0.25, 0.3) is 5.91 Å². The Bertz CT molecular complexity index is 633. The summed E-state index contributed by atoms with van der Waals surface area (Å²) in [6.07, 6.45) is 0. The van der Waals surface area contributed by atoms with Gasteiger partial charge in [-0.15, -0.1) is 0 Å². The number of anilines is 1. The lowest BCUT2D eigenvalue weighted by Crippen LogP contribution is -3.00. The number of halogens is 1. The molecule has 0 aliphatic carbocycles. The number of amides is 1. The predicted octanol–water partition coefficient (Wildman–Crippen LogP) is 0.523. The number of likely N-dealkylation sites (N-methyl/N-ethyl adjacent to an activating group) is 1. The molecule has 4 heteroatoms. The van der Waals surface area contributed by atoms with Crippen LogP contribution in [0, 0.1) is 13.8 Å². The highest BCUT2D eigenvalue weighted by atomic mass is 35.5. The van der Waals surface area contributed by atoms with E-state index in [1.165, 1.54) is 5.56 Å². The van der Waals surface area contributed by atoms with Crippen LogP contribution in [0.4, 0.5) is 5.69 Å². The maximum absolute atomic E-state index is 12.4. The van der Waals surface area contributed by atoms with Gasteiger partial charge in [-0.05, 0) is 25.0 Å². The number of hydrogen-bond acceptors (Lipinski definition) is 1. The summed E-state index contributed by atoms with van der Waals surface area (Å²) < 4.78 is 0.626. The first kappa shape index (κ1) is 19.2. The third-order valence-corrected chi connectivity index (χ3v) is 3.77. The van der Waals surface area contributed by atoms with Crippen molar-refractivity contribution in [2.24, 2.45) is 0 Å². The second kappa shape index (κ2) is 8.14. The van der Waals surface area contributed by atoms with E-state index in [9.17, 15) is 4.79 Å². The molecule has 0 aromatic heterocycles. The van der Waals surface area contributed by atoms with Crippen molar-refractivity contribution in [3.8, 4) is 0 Å². The summed E-state index contributed by atoms with van der Waals surface area (Å²) >= 11 is 0. The van der Waals surface area contributed by atoms with E-state index in [1.54, 1.807) is 0 Å². The van der Waals surface area contributed by atoms with E-state index in [4.69, 9.17) is 0 Å². The van der Waals surface area contributed by atoms with Crippen LogP contribution < -0.4 is 17.7 Å². The molecule has 0 saturated carbocycles. The zero-order valence-corrected chi connectivity index (χ0v) is 15.0. The standard InChI is InChI=1S/C19H24N2O.ClH/c1-15-9-8-10-16(2)19(15)20-18(22)14-21(3,4)13-17-11-6-5-7-12-17;/h5-12H,13-14H2,1-4H3;1H. The Morgan fingerprint density at radius 3 is 2.09 bits per heavy atom. The van der Waals surface area contributed by atoms with Gasteiger partial charge in [-0.3, -0.25) is 4.79 Å². The van der Waals surface area contributed by atoms with Crippen LogP contribution in [0.1, 0.15) is 16.7 Å². The highest BCUT2D eigenvalue weighted by Crippen LogP contribution is 2.19. The van der Waals surface area contributed by atoms with Crippen LogP contribution in [0.15, 0.2) is 48.5 Å². The summed E-state index contributed by atoms with van der Waals surface area (Å²) in [5, 5.41) is 3.07. The van der Waals surface area contributed by atoms with Crippen molar-refractivity contribution in [2.75, 3.05) is 26.0 Å². The number of nitrogens with one attached hydrogen (secondary N) is 1. The number of carbonyl (C=O) groups is 1. The monoisotopic (exact) mass is 332 g/mol. The number of quaternary nitrogens is 1. The van der Waals surface area contributed by atoms with Gasteiger partial charge < -0.3 is 22.2 Å². The molecule has 1 amide bonds. The highest BCUT2D eigenvalue weighted by Gasteiger charge is 2.21. The minimum atomic E-state index is 0. The first-order valence-electron chi connectivity index (χ1n) is 7.59. The van der Waals surface area contributed by atoms with Gasteiger partial charge in [-0.25, -0.2) is 0 Å². The molecular weight excluding hydrogens is 308 g/mol. The Labute approximate surface area is 145 Å². The first-order chi connectivity index (χ1) is 10.4. The molecule has 0 saturated heterocycles. The lowest BCUT2D eigenvalue weighted by molar-refractivity contribution is -0.895. The van der Waals surface area contributed by atoms with E-state index in [0.717, 1.165) is 23.4 Å². The average Bonchev–Trinajstić information content (AvgIpc) is 2.43. The molecule has 0 unspecified atom stereocenters. The lowest BCUT2D eigenvalue weighted by Gasteiger charge is -2.29. The van der Waals surface area contributed by atoms with Crippen LogP contribution in [0.3, 0.4) is 0 Å². The third-order valence-electron chi connectivity index (χ3n) is 3.77. The van der Waals surface area contributed by atoms with Crippen molar-refractivity contribution < 1.29 is 21.7 Å². The summed E-state index contributed by atoms with van der Waals surface area (Å²) in [6.45, 7) is 5.32. The average molecular weight is 333 g/mol. The molecule has 0 atom stereocenters.